The van der Waals surface area contributed by atoms with Crippen LogP contribution in [0, 0.1) is 0 Å². The number of aromatic nitrogens is 3. The number of amides is 1. The molecular weight excluding hydrogens is 380 g/mol. The van der Waals surface area contributed by atoms with Crippen molar-refractivity contribution >= 4 is 28.9 Å². The van der Waals surface area contributed by atoms with Crippen molar-refractivity contribution in [3.63, 3.8) is 0 Å². The number of benzene rings is 1. The number of hydrogen-bond acceptors (Lipinski definition) is 6. The maximum Gasteiger partial charge on any atom is 0.221 e. The molecule has 0 aliphatic carbocycles. The van der Waals surface area contributed by atoms with Gasteiger partial charge in [-0.2, -0.15) is 9.61 Å². The Balaban J connectivity index is 1.86. The number of carbonyl (C=O) groups excluding carboxylic acids is 1. The summed E-state index contributed by atoms with van der Waals surface area (Å²) >= 11 is 0. The molecule has 0 fully saturated rings. The number of aliphatic hydroxyl groups excluding tert-OH is 1. The second-order valence-electron chi connectivity index (χ2n) is 7.68. The number of nitrogens with zero attached hydrogens (tertiary/aromatic N) is 3. The molecule has 160 valence electrons. The lowest BCUT2D eigenvalue weighted by Gasteiger charge is -2.17. The van der Waals surface area contributed by atoms with Crippen LogP contribution in [0.4, 0.5) is 17.3 Å². The molecule has 4 N–H and O–H groups in total. The molecule has 2 heterocycles. The minimum absolute atomic E-state index is 0.0447. The largest absolute Gasteiger partial charge is 0.394 e. The molecule has 3 aromatic rings. The number of anilines is 3. The first-order valence-corrected chi connectivity index (χ1v) is 10.3. The first-order valence-electron chi connectivity index (χ1n) is 10.3. The number of fused-ring (bicyclic) bond motifs is 1. The number of aliphatic hydroxyl groups is 1. The summed E-state index contributed by atoms with van der Waals surface area (Å²) in [5, 5.41) is 23.6. The third kappa shape index (κ3) is 5.07. The van der Waals surface area contributed by atoms with Crippen LogP contribution in [-0.4, -0.2) is 38.3 Å². The summed E-state index contributed by atoms with van der Waals surface area (Å²) in [5.41, 5.74) is 3.71. The van der Waals surface area contributed by atoms with Crippen molar-refractivity contribution in [2.75, 3.05) is 22.6 Å². The summed E-state index contributed by atoms with van der Waals surface area (Å²) in [7, 11) is 0. The van der Waals surface area contributed by atoms with Crippen molar-refractivity contribution in [1.29, 1.82) is 0 Å². The predicted molar refractivity (Wildman–Crippen MR) is 120 cm³/mol. The third-order valence-corrected chi connectivity index (χ3v) is 4.93. The second-order valence-corrected chi connectivity index (χ2v) is 7.68. The van der Waals surface area contributed by atoms with Gasteiger partial charge in [-0.05, 0) is 30.0 Å². The van der Waals surface area contributed by atoms with Gasteiger partial charge in [-0.1, -0.05) is 32.9 Å². The van der Waals surface area contributed by atoms with Crippen molar-refractivity contribution in [2.24, 2.45) is 0 Å². The maximum absolute atomic E-state index is 11.2. The molecule has 0 saturated carbocycles. The molecule has 0 unspecified atom stereocenters. The molecule has 1 aromatic carbocycles. The molecule has 0 aliphatic rings. The molecule has 0 bridgehead atoms. The topological polar surface area (TPSA) is 104 Å². The average molecular weight is 411 g/mol. The van der Waals surface area contributed by atoms with Crippen molar-refractivity contribution < 1.29 is 9.90 Å². The van der Waals surface area contributed by atoms with Gasteiger partial charge in [0.2, 0.25) is 5.91 Å². The summed E-state index contributed by atoms with van der Waals surface area (Å²) in [6.45, 7) is 8.38. The van der Waals surface area contributed by atoms with E-state index in [2.05, 4.69) is 34.9 Å². The molecule has 1 atom stereocenters. The lowest BCUT2D eigenvalue weighted by Crippen LogP contribution is -2.23. The van der Waals surface area contributed by atoms with Crippen LogP contribution < -0.4 is 16.0 Å². The summed E-state index contributed by atoms with van der Waals surface area (Å²) < 4.78 is 1.81. The fourth-order valence-corrected chi connectivity index (χ4v) is 3.17. The Bertz CT molecular complexity index is 993. The van der Waals surface area contributed by atoms with Gasteiger partial charge in [-0.3, -0.25) is 4.79 Å². The molecule has 1 amide bonds. The van der Waals surface area contributed by atoms with E-state index in [0.717, 1.165) is 34.7 Å². The Labute approximate surface area is 176 Å². The van der Waals surface area contributed by atoms with Crippen molar-refractivity contribution in [1.82, 2.24) is 14.6 Å². The fraction of sp³-hybridized carbons (Fsp3) is 0.409. The number of carbonyl (C=O) groups is 1. The van der Waals surface area contributed by atoms with E-state index in [1.807, 2.05) is 48.0 Å². The van der Waals surface area contributed by atoms with Gasteiger partial charge in [-0.25, -0.2) is 4.98 Å². The van der Waals surface area contributed by atoms with Gasteiger partial charge in [-0.15, -0.1) is 0 Å². The Morgan fingerprint density at radius 2 is 1.97 bits per heavy atom. The van der Waals surface area contributed by atoms with Crippen LogP contribution >= 0.6 is 0 Å². The summed E-state index contributed by atoms with van der Waals surface area (Å²) in [4.78, 5) is 15.9. The molecule has 0 spiro atoms. The average Bonchev–Trinajstić information content (AvgIpc) is 3.15. The van der Waals surface area contributed by atoms with Crippen molar-refractivity contribution in [2.45, 2.75) is 52.6 Å². The van der Waals surface area contributed by atoms with Crippen LogP contribution in [0.2, 0.25) is 0 Å². The van der Waals surface area contributed by atoms with Crippen LogP contribution in [0.1, 0.15) is 51.2 Å². The van der Waals surface area contributed by atoms with E-state index in [1.165, 1.54) is 6.92 Å². The summed E-state index contributed by atoms with van der Waals surface area (Å²) in [5.74, 6) is 1.72. The Morgan fingerprint density at radius 1 is 1.23 bits per heavy atom. The number of rotatable bonds is 9. The lowest BCUT2D eigenvalue weighted by molar-refractivity contribution is -0.114. The molecule has 0 radical (unpaired) electrons. The fourth-order valence-electron chi connectivity index (χ4n) is 3.17. The van der Waals surface area contributed by atoms with Crippen LogP contribution in [0.5, 0.6) is 0 Å². The van der Waals surface area contributed by atoms with Gasteiger partial charge >= 0.3 is 0 Å². The molecule has 8 heteroatoms. The van der Waals surface area contributed by atoms with E-state index in [0.29, 0.717) is 18.3 Å². The SMILES string of the molecule is CC[C@@H](CO)Nc1cc(NCc2ccc(NC(C)=O)cc2)n2ncc(C(C)C)c2n1. The zero-order valence-electron chi connectivity index (χ0n) is 17.9. The Kier molecular flexibility index (Phi) is 6.89. The molecule has 2 aromatic heterocycles. The lowest BCUT2D eigenvalue weighted by atomic mass is 10.1. The van der Waals surface area contributed by atoms with E-state index in [1.54, 1.807) is 0 Å². The zero-order valence-corrected chi connectivity index (χ0v) is 17.9. The van der Waals surface area contributed by atoms with Crippen LogP contribution in [0.25, 0.3) is 5.65 Å². The minimum atomic E-state index is -0.0898. The highest BCUT2D eigenvalue weighted by Crippen LogP contribution is 2.25. The molecule has 0 aliphatic heterocycles. The Morgan fingerprint density at radius 3 is 2.57 bits per heavy atom. The van der Waals surface area contributed by atoms with E-state index in [9.17, 15) is 9.90 Å². The quantitative estimate of drug-likeness (QED) is 0.430. The Hall–Kier alpha value is -3.13. The van der Waals surface area contributed by atoms with E-state index in [4.69, 9.17) is 4.98 Å². The molecule has 0 saturated heterocycles. The molecule has 30 heavy (non-hydrogen) atoms. The van der Waals surface area contributed by atoms with Crippen molar-refractivity contribution in [3.05, 3.63) is 47.7 Å². The van der Waals surface area contributed by atoms with Gasteiger partial charge in [0.15, 0.2) is 5.65 Å². The first kappa shape index (κ1) is 21.6. The predicted octanol–water partition coefficient (Wildman–Crippen LogP) is 3.61. The number of nitrogens with one attached hydrogen (secondary N) is 3. The molecule has 8 nitrogen and oxygen atoms in total. The van der Waals surface area contributed by atoms with Crippen LogP contribution in [0.3, 0.4) is 0 Å². The number of hydrogen-bond donors (Lipinski definition) is 4. The summed E-state index contributed by atoms with van der Waals surface area (Å²) in [6, 6.07) is 9.55. The normalized spacial score (nSPS) is 12.2. The van der Waals surface area contributed by atoms with Gasteiger partial charge in [0.25, 0.3) is 0 Å². The van der Waals surface area contributed by atoms with Crippen LogP contribution in [0.15, 0.2) is 36.5 Å². The molecule has 3 rings (SSSR count). The van der Waals surface area contributed by atoms with Gasteiger partial charge in [0.1, 0.15) is 11.6 Å². The first-order chi connectivity index (χ1) is 14.4. The molecular formula is C22H30N6O2. The van der Waals surface area contributed by atoms with E-state index < -0.39 is 0 Å². The zero-order chi connectivity index (χ0) is 21.7. The van der Waals surface area contributed by atoms with Gasteiger partial charge < -0.3 is 21.1 Å². The smallest absolute Gasteiger partial charge is 0.221 e. The highest BCUT2D eigenvalue weighted by atomic mass is 16.3. The standard InChI is InChI=1S/C22H30N6O2/c1-5-17(13-29)26-20-10-21(28-22(27-20)19(12-24-28)14(2)3)23-11-16-6-8-18(9-7-16)25-15(4)30/h6-10,12,14,17,23,29H,5,11,13H2,1-4H3,(H,25,30)(H,26,27)/t17-/m0/s1. The highest BCUT2D eigenvalue weighted by Gasteiger charge is 2.15. The maximum atomic E-state index is 11.2. The third-order valence-electron chi connectivity index (χ3n) is 4.93. The van der Waals surface area contributed by atoms with E-state index >= 15 is 0 Å². The van der Waals surface area contributed by atoms with Crippen LogP contribution in [-0.2, 0) is 11.3 Å². The van der Waals surface area contributed by atoms with Gasteiger partial charge in [0, 0.05) is 30.8 Å². The van der Waals surface area contributed by atoms with Gasteiger partial charge in [0.05, 0.1) is 18.8 Å². The monoisotopic (exact) mass is 410 g/mol. The van der Waals surface area contributed by atoms with Crippen molar-refractivity contribution in [3.8, 4) is 0 Å². The second kappa shape index (κ2) is 9.58. The summed E-state index contributed by atoms with van der Waals surface area (Å²) in [6.07, 6.45) is 2.65. The minimum Gasteiger partial charge on any atom is -0.394 e. The van der Waals surface area contributed by atoms with E-state index in [-0.39, 0.29) is 18.6 Å². The highest BCUT2D eigenvalue weighted by molar-refractivity contribution is 5.88.